The van der Waals surface area contributed by atoms with Crippen molar-refractivity contribution in [1.29, 1.82) is 10.8 Å². The molecule has 39 heavy (non-hydrogen) atoms. The number of hydrogen-bond acceptors (Lipinski definition) is 8. The summed E-state index contributed by atoms with van der Waals surface area (Å²) in [5, 5.41) is 16.4. The number of nitrogens with two attached hydrogens (primary N) is 2. The first-order valence-electron chi connectivity index (χ1n) is 13.7. The summed E-state index contributed by atoms with van der Waals surface area (Å²) >= 11 is 0. The maximum atomic E-state index is 8.19. The standard InChI is InChI=1S/C25H56N4O6Si2.BrH.HI/c1-30-36(31-2,32-3)21-17-13-9-7-11-15-19-25(23(26)27,24(28)29)20-16-12-8-10-14-18-22-37(33-4,34-5)35-6;;/h7-22H2,1-6H3,(H3,26,27)(H3,28,29);2*1H. The third kappa shape index (κ3) is 16.0. The molecule has 0 aromatic carbocycles. The first-order chi connectivity index (χ1) is 17.7. The van der Waals surface area contributed by atoms with Gasteiger partial charge in [0.15, 0.2) is 0 Å². The van der Waals surface area contributed by atoms with Crippen LogP contribution in [0.4, 0.5) is 0 Å². The fourth-order valence-electron chi connectivity index (χ4n) is 4.87. The normalized spacial score (nSPS) is 12.1. The van der Waals surface area contributed by atoms with Crippen molar-refractivity contribution in [2.24, 2.45) is 16.9 Å². The lowest BCUT2D eigenvalue weighted by Crippen LogP contribution is -2.47. The van der Waals surface area contributed by atoms with Gasteiger partial charge in [-0.15, -0.1) is 41.0 Å². The van der Waals surface area contributed by atoms with E-state index in [0.717, 1.165) is 89.1 Å². The van der Waals surface area contributed by atoms with Crippen LogP contribution in [-0.4, -0.2) is 71.9 Å². The maximum Gasteiger partial charge on any atom is 0.500 e. The second kappa shape index (κ2) is 24.9. The van der Waals surface area contributed by atoms with Gasteiger partial charge < -0.3 is 38.0 Å². The van der Waals surface area contributed by atoms with E-state index in [4.69, 9.17) is 48.8 Å². The molecule has 0 spiro atoms. The van der Waals surface area contributed by atoms with Crippen molar-refractivity contribution in [1.82, 2.24) is 0 Å². The van der Waals surface area contributed by atoms with E-state index in [1.807, 2.05) is 0 Å². The van der Waals surface area contributed by atoms with Gasteiger partial charge in [0.1, 0.15) is 11.7 Å². The molecule has 6 N–H and O–H groups in total. The van der Waals surface area contributed by atoms with Gasteiger partial charge in [-0.25, -0.2) is 0 Å². The lowest BCUT2D eigenvalue weighted by atomic mass is 9.75. The minimum Gasteiger partial charge on any atom is -0.387 e. The number of nitrogens with one attached hydrogen (secondary N) is 2. The predicted octanol–water partition coefficient (Wildman–Crippen LogP) is 6.26. The van der Waals surface area contributed by atoms with Gasteiger partial charge in [-0.3, -0.25) is 10.8 Å². The van der Waals surface area contributed by atoms with Gasteiger partial charge in [0, 0.05) is 54.7 Å². The zero-order valence-corrected chi connectivity index (χ0v) is 31.3. The molecule has 0 atom stereocenters. The van der Waals surface area contributed by atoms with Gasteiger partial charge in [0.05, 0.1) is 5.41 Å². The molecular formula is C25H58BrIN4O6Si2. The fourth-order valence-corrected chi connectivity index (χ4v) is 8.46. The first kappa shape index (κ1) is 43.8. The smallest absolute Gasteiger partial charge is 0.387 e. The SMILES string of the molecule is Br.CO[Si](CCCCCCCCC(CCCCCCCC[Si](OC)(OC)OC)(C(=N)N)C(=N)N)(OC)OC.I. The summed E-state index contributed by atoms with van der Waals surface area (Å²) in [6.45, 7) is 0. The summed E-state index contributed by atoms with van der Waals surface area (Å²) in [6, 6.07) is 1.65. The number of amidine groups is 2. The molecule has 14 heteroatoms. The highest BCUT2D eigenvalue weighted by Crippen LogP contribution is 2.32. The maximum absolute atomic E-state index is 8.19. The Morgan fingerprint density at radius 2 is 0.744 bits per heavy atom. The van der Waals surface area contributed by atoms with Gasteiger partial charge in [-0.2, -0.15) is 0 Å². The summed E-state index contributed by atoms with van der Waals surface area (Å²) < 4.78 is 32.8. The molecule has 10 nitrogen and oxygen atoms in total. The van der Waals surface area contributed by atoms with Crippen LogP contribution in [0.1, 0.15) is 89.9 Å². The van der Waals surface area contributed by atoms with Crippen molar-refractivity contribution in [2.75, 3.05) is 42.7 Å². The van der Waals surface area contributed by atoms with Crippen LogP contribution in [0.3, 0.4) is 0 Å². The molecule has 236 valence electrons. The first-order valence-corrected chi connectivity index (χ1v) is 17.5. The van der Waals surface area contributed by atoms with Crippen molar-refractivity contribution in [3.05, 3.63) is 0 Å². The highest BCUT2D eigenvalue weighted by molar-refractivity contribution is 14.0. The van der Waals surface area contributed by atoms with Crippen LogP contribution in [0, 0.1) is 16.2 Å². The van der Waals surface area contributed by atoms with Crippen molar-refractivity contribution in [3.8, 4) is 0 Å². The van der Waals surface area contributed by atoms with E-state index < -0.39 is 23.0 Å². The van der Waals surface area contributed by atoms with Gasteiger partial charge in [0.25, 0.3) is 0 Å². The molecule has 0 rings (SSSR count). The molecule has 0 aliphatic rings. The summed E-state index contributed by atoms with van der Waals surface area (Å²) in [5.41, 5.74) is 11.2. The average molecular weight is 774 g/mol. The van der Waals surface area contributed by atoms with E-state index in [0.29, 0.717) is 12.8 Å². The Morgan fingerprint density at radius 3 is 0.974 bits per heavy atom. The minimum atomic E-state index is -2.47. The van der Waals surface area contributed by atoms with Crippen LogP contribution in [-0.2, 0) is 26.6 Å². The van der Waals surface area contributed by atoms with Crippen molar-refractivity contribution in [2.45, 2.75) is 102 Å². The van der Waals surface area contributed by atoms with Crippen LogP contribution < -0.4 is 11.5 Å². The molecule has 0 fully saturated rings. The summed E-state index contributed by atoms with van der Waals surface area (Å²) in [6.07, 6.45) is 13.9. The Bertz CT molecular complexity index is 567. The summed E-state index contributed by atoms with van der Waals surface area (Å²) in [5.74, 6) is 0.0555. The largest absolute Gasteiger partial charge is 0.500 e. The lowest BCUT2D eigenvalue weighted by Gasteiger charge is -2.31. The quantitative estimate of drug-likeness (QED) is 0.0264. The van der Waals surface area contributed by atoms with E-state index >= 15 is 0 Å². The van der Waals surface area contributed by atoms with Crippen LogP contribution in [0.5, 0.6) is 0 Å². The summed E-state index contributed by atoms with van der Waals surface area (Å²) in [7, 11) is 4.95. The van der Waals surface area contributed by atoms with Crippen LogP contribution in [0.2, 0.25) is 12.1 Å². The number of rotatable bonds is 26. The van der Waals surface area contributed by atoms with Gasteiger partial charge >= 0.3 is 17.6 Å². The van der Waals surface area contributed by atoms with E-state index in [2.05, 4.69) is 0 Å². The van der Waals surface area contributed by atoms with Gasteiger partial charge in [-0.1, -0.05) is 64.2 Å². The topological polar surface area (TPSA) is 155 Å². The molecule has 0 bridgehead atoms. The molecule has 0 aromatic heterocycles. The minimum absolute atomic E-state index is 0. The third-order valence-corrected chi connectivity index (χ3v) is 13.2. The van der Waals surface area contributed by atoms with E-state index in [-0.39, 0.29) is 52.6 Å². The Hall–Kier alpha value is 0.344. The van der Waals surface area contributed by atoms with Crippen molar-refractivity contribution < 1.29 is 26.6 Å². The summed E-state index contributed by atoms with van der Waals surface area (Å²) in [4.78, 5) is 0. The van der Waals surface area contributed by atoms with E-state index in [1.54, 1.807) is 42.7 Å². The second-order valence-electron chi connectivity index (χ2n) is 9.74. The predicted molar refractivity (Wildman–Crippen MR) is 180 cm³/mol. The molecule has 0 aliphatic carbocycles. The zero-order chi connectivity index (χ0) is 28.2. The van der Waals surface area contributed by atoms with Gasteiger partial charge in [-0.05, 0) is 25.7 Å². The Balaban J connectivity index is -0.00000648. The Morgan fingerprint density at radius 1 is 0.513 bits per heavy atom. The van der Waals surface area contributed by atoms with E-state index in [9.17, 15) is 0 Å². The number of unbranched alkanes of at least 4 members (excludes halogenated alkanes) is 10. The fraction of sp³-hybridized carbons (Fsp3) is 0.920. The van der Waals surface area contributed by atoms with E-state index in [1.165, 1.54) is 0 Å². The number of halogens is 2. The molecule has 0 saturated heterocycles. The van der Waals surface area contributed by atoms with Crippen molar-refractivity contribution in [3.63, 3.8) is 0 Å². The molecule has 0 amide bonds. The Labute approximate surface area is 267 Å². The number of hydrogen-bond donors (Lipinski definition) is 4. The molecule has 0 radical (unpaired) electrons. The molecule has 0 saturated carbocycles. The molecule has 0 aliphatic heterocycles. The molecule has 0 unspecified atom stereocenters. The monoisotopic (exact) mass is 772 g/mol. The average Bonchev–Trinajstić information content (AvgIpc) is 2.90. The highest BCUT2D eigenvalue weighted by Gasteiger charge is 2.38. The third-order valence-electron chi connectivity index (χ3n) is 7.57. The molecular weight excluding hydrogens is 715 g/mol. The van der Waals surface area contributed by atoms with Crippen molar-refractivity contribution >= 4 is 70.2 Å². The lowest BCUT2D eigenvalue weighted by molar-refractivity contribution is 0.122. The molecule has 0 aromatic rings. The Kier molecular flexibility index (Phi) is 28.0. The zero-order valence-electron chi connectivity index (χ0n) is 25.2. The molecule has 0 heterocycles. The van der Waals surface area contributed by atoms with Gasteiger partial charge in [0.2, 0.25) is 0 Å². The highest BCUT2D eigenvalue weighted by atomic mass is 127. The van der Waals surface area contributed by atoms with Crippen LogP contribution in [0.15, 0.2) is 0 Å². The van der Waals surface area contributed by atoms with Crippen LogP contribution in [0.25, 0.3) is 0 Å². The van der Waals surface area contributed by atoms with Crippen LogP contribution >= 0.6 is 41.0 Å². The second-order valence-corrected chi connectivity index (χ2v) is 15.9.